The van der Waals surface area contributed by atoms with E-state index >= 15 is 0 Å². The van der Waals surface area contributed by atoms with E-state index in [1.54, 1.807) is 16.8 Å². The Morgan fingerprint density at radius 1 is 1.35 bits per heavy atom. The Balaban J connectivity index is 2.17. The fourth-order valence-corrected chi connectivity index (χ4v) is 2.16. The lowest BCUT2D eigenvalue weighted by Gasteiger charge is -2.05. The zero-order chi connectivity index (χ0) is 16.8. The van der Waals surface area contributed by atoms with Crippen molar-refractivity contribution in [3.05, 3.63) is 40.9 Å². The molecule has 2 rings (SSSR count). The highest BCUT2D eigenvalue weighted by atomic mass is 35.5. The Kier molecular flexibility index (Phi) is 5.70. The first-order valence-electron chi connectivity index (χ1n) is 7.12. The number of nitrogens with zero attached hydrogens (tertiary/aromatic N) is 3. The van der Waals surface area contributed by atoms with Gasteiger partial charge in [-0.25, -0.2) is 9.67 Å². The number of ether oxygens (including phenoxy) is 1. The fraction of sp³-hybridized carbons (Fsp3) is 0.333. The largest absolute Gasteiger partial charge is 0.469 e. The van der Waals surface area contributed by atoms with Crippen LogP contribution in [0.4, 0.5) is 0 Å². The molecule has 0 aliphatic rings. The van der Waals surface area contributed by atoms with Crippen LogP contribution in [0.1, 0.15) is 29.8 Å². The molecular weight excluding hydrogens is 320 g/mol. The SMILES string of the molecule is CCc1nc(C(=O)NCCC(=O)OC)nn1-c1ccccc1Cl. The molecule has 0 fully saturated rings. The molecule has 1 aromatic heterocycles. The zero-order valence-corrected chi connectivity index (χ0v) is 13.6. The molecule has 1 amide bonds. The molecule has 23 heavy (non-hydrogen) atoms. The zero-order valence-electron chi connectivity index (χ0n) is 12.9. The first kappa shape index (κ1) is 17.0. The van der Waals surface area contributed by atoms with Gasteiger partial charge in [0.1, 0.15) is 5.82 Å². The maximum atomic E-state index is 12.1. The molecule has 0 aliphatic heterocycles. The number of nitrogens with one attached hydrogen (secondary N) is 1. The second-order valence-corrected chi connectivity index (χ2v) is 5.06. The Morgan fingerprint density at radius 3 is 2.74 bits per heavy atom. The van der Waals surface area contributed by atoms with Crippen molar-refractivity contribution < 1.29 is 14.3 Å². The summed E-state index contributed by atoms with van der Waals surface area (Å²) in [6.45, 7) is 2.07. The van der Waals surface area contributed by atoms with Crippen LogP contribution in [-0.4, -0.2) is 40.3 Å². The topological polar surface area (TPSA) is 86.1 Å². The number of hydrogen-bond acceptors (Lipinski definition) is 5. The quantitative estimate of drug-likeness (QED) is 0.812. The van der Waals surface area contributed by atoms with Gasteiger partial charge in [0, 0.05) is 13.0 Å². The van der Waals surface area contributed by atoms with Gasteiger partial charge in [0.2, 0.25) is 5.82 Å². The normalized spacial score (nSPS) is 10.4. The van der Waals surface area contributed by atoms with Crippen LogP contribution in [-0.2, 0) is 16.0 Å². The summed E-state index contributed by atoms with van der Waals surface area (Å²) in [6, 6.07) is 7.19. The smallest absolute Gasteiger partial charge is 0.307 e. The van der Waals surface area contributed by atoms with Crippen LogP contribution in [0.3, 0.4) is 0 Å². The molecule has 0 bridgehead atoms. The number of methoxy groups -OCH3 is 1. The molecule has 0 saturated carbocycles. The average Bonchev–Trinajstić information content (AvgIpc) is 2.99. The van der Waals surface area contributed by atoms with Crippen molar-refractivity contribution in [1.82, 2.24) is 20.1 Å². The van der Waals surface area contributed by atoms with E-state index in [0.29, 0.717) is 23.0 Å². The van der Waals surface area contributed by atoms with Gasteiger partial charge in [-0.15, -0.1) is 5.10 Å². The van der Waals surface area contributed by atoms with Gasteiger partial charge in [-0.1, -0.05) is 30.7 Å². The number of para-hydroxylation sites is 1. The maximum absolute atomic E-state index is 12.1. The third-order valence-corrected chi connectivity index (χ3v) is 3.44. The fourth-order valence-electron chi connectivity index (χ4n) is 1.95. The van der Waals surface area contributed by atoms with Gasteiger partial charge in [0.25, 0.3) is 5.91 Å². The van der Waals surface area contributed by atoms with Gasteiger partial charge >= 0.3 is 5.97 Å². The van der Waals surface area contributed by atoms with E-state index in [0.717, 1.165) is 0 Å². The average molecular weight is 337 g/mol. The second-order valence-electron chi connectivity index (χ2n) is 4.65. The summed E-state index contributed by atoms with van der Waals surface area (Å²) in [7, 11) is 1.30. The number of benzene rings is 1. The number of carbonyl (C=O) groups is 2. The van der Waals surface area contributed by atoms with Crippen molar-refractivity contribution in [2.75, 3.05) is 13.7 Å². The molecule has 122 valence electrons. The van der Waals surface area contributed by atoms with Gasteiger partial charge in [0.15, 0.2) is 0 Å². The summed E-state index contributed by atoms with van der Waals surface area (Å²) in [6.07, 6.45) is 0.682. The van der Waals surface area contributed by atoms with Crippen LogP contribution in [0, 0.1) is 0 Å². The van der Waals surface area contributed by atoms with Gasteiger partial charge < -0.3 is 10.1 Å². The summed E-state index contributed by atoms with van der Waals surface area (Å²) in [4.78, 5) is 27.3. The third kappa shape index (κ3) is 4.07. The van der Waals surface area contributed by atoms with Gasteiger partial charge in [-0.2, -0.15) is 0 Å². The summed E-state index contributed by atoms with van der Waals surface area (Å²) in [5, 5.41) is 7.32. The van der Waals surface area contributed by atoms with Gasteiger partial charge in [-0.3, -0.25) is 9.59 Å². The van der Waals surface area contributed by atoms with Crippen molar-refractivity contribution in [3.8, 4) is 5.69 Å². The molecule has 8 heteroatoms. The Labute approximate surface area is 138 Å². The Hall–Kier alpha value is -2.41. The first-order valence-corrected chi connectivity index (χ1v) is 7.50. The van der Waals surface area contributed by atoms with E-state index in [9.17, 15) is 9.59 Å². The highest BCUT2D eigenvalue weighted by molar-refractivity contribution is 6.32. The van der Waals surface area contributed by atoms with Crippen LogP contribution in [0.25, 0.3) is 5.69 Å². The lowest BCUT2D eigenvalue weighted by atomic mass is 10.3. The molecule has 1 N–H and O–H groups in total. The van der Waals surface area contributed by atoms with Crippen molar-refractivity contribution in [1.29, 1.82) is 0 Å². The summed E-state index contributed by atoms with van der Waals surface area (Å²) < 4.78 is 6.06. The lowest BCUT2D eigenvalue weighted by molar-refractivity contribution is -0.140. The van der Waals surface area contributed by atoms with Crippen LogP contribution >= 0.6 is 11.6 Å². The molecule has 1 heterocycles. The van der Waals surface area contributed by atoms with E-state index in [-0.39, 0.29) is 18.8 Å². The minimum Gasteiger partial charge on any atom is -0.469 e. The van der Waals surface area contributed by atoms with E-state index < -0.39 is 11.9 Å². The molecule has 0 saturated heterocycles. The summed E-state index contributed by atoms with van der Waals surface area (Å²) >= 11 is 6.17. The minimum atomic E-state index is -0.450. The molecule has 0 atom stereocenters. The number of aryl methyl sites for hydroxylation is 1. The van der Waals surface area contributed by atoms with Crippen molar-refractivity contribution in [2.24, 2.45) is 0 Å². The van der Waals surface area contributed by atoms with Crippen LogP contribution in [0.2, 0.25) is 5.02 Å². The van der Waals surface area contributed by atoms with E-state index in [4.69, 9.17) is 11.6 Å². The molecular formula is C15H17ClN4O3. The first-order chi connectivity index (χ1) is 11.1. The molecule has 2 aromatic rings. The number of hydrogen-bond donors (Lipinski definition) is 1. The Morgan fingerprint density at radius 2 is 2.09 bits per heavy atom. The third-order valence-electron chi connectivity index (χ3n) is 3.12. The number of amides is 1. The number of aromatic nitrogens is 3. The summed E-state index contributed by atoms with van der Waals surface area (Å²) in [5.41, 5.74) is 0.659. The predicted molar refractivity (Wildman–Crippen MR) is 84.7 cm³/mol. The lowest BCUT2D eigenvalue weighted by Crippen LogP contribution is -2.27. The van der Waals surface area contributed by atoms with Crippen LogP contribution < -0.4 is 5.32 Å². The highest BCUT2D eigenvalue weighted by Gasteiger charge is 2.17. The Bertz CT molecular complexity index is 714. The maximum Gasteiger partial charge on any atom is 0.307 e. The number of carbonyl (C=O) groups excluding carboxylic acids is 2. The predicted octanol–water partition coefficient (Wildman–Crippen LogP) is 1.78. The number of halogens is 1. The number of rotatable bonds is 6. The minimum absolute atomic E-state index is 0.0339. The number of esters is 1. The van der Waals surface area contributed by atoms with Gasteiger partial charge in [-0.05, 0) is 12.1 Å². The highest BCUT2D eigenvalue weighted by Crippen LogP contribution is 2.20. The van der Waals surface area contributed by atoms with Crippen molar-refractivity contribution in [3.63, 3.8) is 0 Å². The van der Waals surface area contributed by atoms with E-state index in [1.807, 2.05) is 19.1 Å². The second kappa shape index (κ2) is 7.73. The van der Waals surface area contributed by atoms with Crippen LogP contribution in [0.5, 0.6) is 0 Å². The van der Waals surface area contributed by atoms with Gasteiger partial charge in [0.05, 0.1) is 24.2 Å². The summed E-state index contributed by atoms with van der Waals surface area (Å²) in [5.74, 6) is -0.189. The van der Waals surface area contributed by atoms with E-state index in [1.165, 1.54) is 7.11 Å². The molecule has 0 radical (unpaired) electrons. The molecule has 0 aliphatic carbocycles. The standard InChI is InChI=1S/C15H17ClN4O3/c1-3-12-18-14(15(22)17-9-8-13(21)23-2)19-20(12)11-7-5-4-6-10(11)16/h4-7H,3,8-9H2,1-2H3,(H,17,22). The monoisotopic (exact) mass is 336 g/mol. The molecule has 7 nitrogen and oxygen atoms in total. The van der Waals surface area contributed by atoms with Crippen molar-refractivity contribution in [2.45, 2.75) is 19.8 Å². The molecule has 0 spiro atoms. The van der Waals surface area contributed by atoms with Crippen LogP contribution in [0.15, 0.2) is 24.3 Å². The van der Waals surface area contributed by atoms with E-state index in [2.05, 4.69) is 20.1 Å². The van der Waals surface area contributed by atoms with Crippen molar-refractivity contribution >= 4 is 23.5 Å². The molecule has 0 unspecified atom stereocenters. The molecule has 1 aromatic carbocycles.